The van der Waals surface area contributed by atoms with Crippen LogP contribution in [0.5, 0.6) is 0 Å². The average Bonchev–Trinajstić information content (AvgIpc) is 3.31. The molecule has 2 aliphatic rings. The Hall–Kier alpha value is -2.54. The molecule has 0 spiro atoms. The lowest BCUT2D eigenvalue weighted by molar-refractivity contribution is 0.722. The van der Waals surface area contributed by atoms with Gasteiger partial charge >= 0.3 is 0 Å². The Morgan fingerprint density at radius 3 is 2.75 bits per heavy atom. The molecule has 1 heteroatoms. The van der Waals surface area contributed by atoms with Gasteiger partial charge in [0.2, 0.25) is 0 Å². The predicted octanol–water partition coefficient (Wildman–Crippen LogP) is 5.96. The zero-order chi connectivity index (χ0) is 16.1. The SMILES string of the molecule is Cn1c2c(c3ccccc31)C(CCC1=CC=CC1)c1ccccc1-2. The Labute approximate surface area is 142 Å². The molecule has 0 N–H and O–H groups in total. The van der Waals surface area contributed by atoms with Crippen molar-refractivity contribution in [2.75, 3.05) is 0 Å². The van der Waals surface area contributed by atoms with Crippen molar-refractivity contribution in [3.8, 4) is 11.3 Å². The first-order valence-electron chi connectivity index (χ1n) is 8.86. The second kappa shape index (κ2) is 5.24. The molecule has 0 aliphatic heterocycles. The van der Waals surface area contributed by atoms with E-state index in [-0.39, 0.29) is 0 Å². The number of aryl methyl sites for hydroxylation is 1. The number of hydrogen-bond donors (Lipinski definition) is 0. The van der Waals surface area contributed by atoms with Crippen LogP contribution in [-0.2, 0) is 7.05 Å². The minimum absolute atomic E-state index is 0.517. The largest absolute Gasteiger partial charge is 0.343 e. The normalized spacial score (nSPS) is 18.0. The van der Waals surface area contributed by atoms with E-state index in [9.17, 15) is 0 Å². The molecule has 1 nitrogen and oxygen atoms in total. The summed E-state index contributed by atoms with van der Waals surface area (Å²) in [5.74, 6) is 0.517. The smallest absolute Gasteiger partial charge is 0.0530 e. The van der Waals surface area contributed by atoms with E-state index in [0.29, 0.717) is 5.92 Å². The molecule has 1 unspecified atom stereocenters. The van der Waals surface area contributed by atoms with Crippen LogP contribution in [0.4, 0.5) is 0 Å². The van der Waals surface area contributed by atoms with Crippen LogP contribution in [0.25, 0.3) is 22.2 Å². The Kier molecular flexibility index (Phi) is 3.02. The van der Waals surface area contributed by atoms with Crippen molar-refractivity contribution in [3.63, 3.8) is 0 Å². The zero-order valence-electron chi connectivity index (χ0n) is 14.0. The summed E-state index contributed by atoms with van der Waals surface area (Å²) in [4.78, 5) is 0. The molecule has 24 heavy (non-hydrogen) atoms. The monoisotopic (exact) mass is 311 g/mol. The average molecular weight is 311 g/mol. The highest BCUT2D eigenvalue weighted by molar-refractivity contribution is 5.96. The second-order valence-corrected chi connectivity index (χ2v) is 6.97. The van der Waals surface area contributed by atoms with Crippen molar-refractivity contribution >= 4 is 10.9 Å². The number of para-hydroxylation sites is 1. The van der Waals surface area contributed by atoms with Crippen LogP contribution in [0.3, 0.4) is 0 Å². The van der Waals surface area contributed by atoms with Crippen molar-refractivity contribution in [3.05, 3.63) is 83.5 Å². The zero-order valence-corrected chi connectivity index (χ0v) is 14.0. The third-order valence-electron chi connectivity index (χ3n) is 5.69. The van der Waals surface area contributed by atoms with E-state index >= 15 is 0 Å². The van der Waals surface area contributed by atoms with Gasteiger partial charge in [0.05, 0.1) is 5.69 Å². The molecule has 0 saturated carbocycles. The van der Waals surface area contributed by atoms with Gasteiger partial charge in [-0.3, -0.25) is 0 Å². The van der Waals surface area contributed by atoms with E-state index < -0.39 is 0 Å². The van der Waals surface area contributed by atoms with E-state index in [2.05, 4.69) is 78.4 Å². The van der Waals surface area contributed by atoms with Gasteiger partial charge in [-0.15, -0.1) is 0 Å². The Bertz CT molecular complexity index is 1000. The van der Waals surface area contributed by atoms with Gasteiger partial charge < -0.3 is 4.57 Å². The van der Waals surface area contributed by atoms with Crippen LogP contribution < -0.4 is 0 Å². The molecule has 3 aromatic rings. The van der Waals surface area contributed by atoms with Crippen LogP contribution in [0.15, 0.2) is 72.3 Å². The molecular formula is C23H21N. The van der Waals surface area contributed by atoms with Gasteiger partial charge in [0.25, 0.3) is 0 Å². The second-order valence-electron chi connectivity index (χ2n) is 6.97. The maximum absolute atomic E-state index is 2.39. The Morgan fingerprint density at radius 2 is 1.88 bits per heavy atom. The highest BCUT2D eigenvalue weighted by Crippen LogP contribution is 2.51. The maximum Gasteiger partial charge on any atom is 0.0530 e. The topological polar surface area (TPSA) is 4.93 Å². The fourth-order valence-corrected chi connectivity index (χ4v) is 4.58. The first-order chi connectivity index (χ1) is 11.8. The number of benzene rings is 2. The quantitative estimate of drug-likeness (QED) is 0.562. The van der Waals surface area contributed by atoms with Crippen molar-refractivity contribution in [2.45, 2.75) is 25.2 Å². The molecule has 1 atom stereocenters. The van der Waals surface area contributed by atoms with Crippen LogP contribution in [0.2, 0.25) is 0 Å². The molecule has 0 amide bonds. The Balaban J connectivity index is 1.66. The van der Waals surface area contributed by atoms with Gasteiger partial charge in [-0.1, -0.05) is 66.3 Å². The molecule has 5 rings (SSSR count). The molecule has 1 heterocycles. The van der Waals surface area contributed by atoms with Gasteiger partial charge in [-0.2, -0.15) is 0 Å². The standard InChI is InChI=1S/C23H21N/c1-24-21-13-7-6-12-20(21)22-18(15-14-16-8-2-3-9-16)17-10-4-5-11-19(17)23(22)24/h2-8,10-13,18H,9,14-15H2,1H3. The van der Waals surface area contributed by atoms with E-state index in [0.717, 1.165) is 6.42 Å². The van der Waals surface area contributed by atoms with Crippen molar-refractivity contribution in [1.82, 2.24) is 4.57 Å². The molecule has 0 radical (unpaired) electrons. The summed E-state index contributed by atoms with van der Waals surface area (Å²) < 4.78 is 2.39. The fourth-order valence-electron chi connectivity index (χ4n) is 4.58. The number of allylic oxidation sites excluding steroid dienone is 4. The van der Waals surface area contributed by atoms with Crippen LogP contribution in [0.1, 0.15) is 36.3 Å². The summed E-state index contributed by atoms with van der Waals surface area (Å²) in [7, 11) is 2.21. The van der Waals surface area contributed by atoms with Gasteiger partial charge in [-0.05, 0) is 36.5 Å². The fraction of sp³-hybridized carbons (Fsp3) is 0.217. The number of fused-ring (bicyclic) bond motifs is 5. The van der Waals surface area contributed by atoms with Crippen LogP contribution >= 0.6 is 0 Å². The van der Waals surface area contributed by atoms with Gasteiger partial charge in [0, 0.05) is 29.4 Å². The molecule has 2 aromatic carbocycles. The van der Waals surface area contributed by atoms with Crippen molar-refractivity contribution in [2.24, 2.45) is 7.05 Å². The van der Waals surface area contributed by atoms with E-state index in [4.69, 9.17) is 0 Å². The highest BCUT2D eigenvalue weighted by atomic mass is 15.0. The van der Waals surface area contributed by atoms with E-state index in [1.54, 1.807) is 11.1 Å². The number of rotatable bonds is 3. The molecule has 1 aromatic heterocycles. The number of hydrogen-bond acceptors (Lipinski definition) is 0. The minimum atomic E-state index is 0.517. The summed E-state index contributed by atoms with van der Waals surface area (Å²) in [6.07, 6.45) is 10.3. The Morgan fingerprint density at radius 1 is 1.04 bits per heavy atom. The summed E-state index contributed by atoms with van der Waals surface area (Å²) in [5.41, 5.74) is 8.83. The lowest BCUT2D eigenvalue weighted by Gasteiger charge is -2.14. The van der Waals surface area contributed by atoms with E-state index in [1.807, 2.05) is 0 Å². The third-order valence-corrected chi connectivity index (χ3v) is 5.69. The number of nitrogens with zero attached hydrogens (tertiary/aromatic N) is 1. The van der Waals surface area contributed by atoms with Crippen molar-refractivity contribution < 1.29 is 0 Å². The van der Waals surface area contributed by atoms with Gasteiger partial charge in [-0.25, -0.2) is 0 Å². The molecule has 0 saturated heterocycles. The van der Waals surface area contributed by atoms with Crippen molar-refractivity contribution in [1.29, 1.82) is 0 Å². The van der Waals surface area contributed by atoms with Crippen LogP contribution in [0, 0.1) is 0 Å². The molecule has 0 fully saturated rings. The van der Waals surface area contributed by atoms with Crippen LogP contribution in [-0.4, -0.2) is 4.57 Å². The summed E-state index contributed by atoms with van der Waals surface area (Å²) in [6.45, 7) is 0. The first kappa shape index (κ1) is 13.9. The maximum atomic E-state index is 2.39. The van der Waals surface area contributed by atoms with E-state index in [1.165, 1.54) is 40.6 Å². The molecular weight excluding hydrogens is 290 g/mol. The highest BCUT2D eigenvalue weighted by Gasteiger charge is 2.33. The molecule has 0 bridgehead atoms. The summed E-state index contributed by atoms with van der Waals surface area (Å²) >= 11 is 0. The first-order valence-corrected chi connectivity index (χ1v) is 8.86. The summed E-state index contributed by atoms with van der Waals surface area (Å²) in [5, 5.41) is 1.43. The molecule has 2 aliphatic carbocycles. The lowest BCUT2D eigenvalue weighted by atomic mass is 9.89. The third kappa shape index (κ3) is 1.88. The lowest BCUT2D eigenvalue weighted by Crippen LogP contribution is -1.97. The van der Waals surface area contributed by atoms with Gasteiger partial charge in [0.1, 0.15) is 0 Å². The minimum Gasteiger partial charge on any atom is -0.343 e. The summed E-state index contributed by atoms with van der Waals surface area (Å²) in [6, 6.07) is 17.8. The predicted molar refractivity (Wildman–Crippen MR) is 101 cm³/mol. The number of aromatic nitrogens is 1. The van der Waals surface area contributed by atoms with Gasteiger partial charge in [0.15, 0.2) is 0 Å². The molecule has 118 valence electrons.